The Kier molecular flexibility index (Phi) is 3.11. The van der Waals surface area contributed by atoms with Crippen LogP contribution in [0.4, 0.5) is 10.5 Å². The predicted octanol–water partition coefficient (Wildman–Crippen LogP) is 0.977. The van der Waals surface area contributed by atoms with Gasteiger partial charge in [0, 0.05) is 11.8 Å². The van der Waals surface area contributed by atoms with Crippen molar-refractivity contribution in [3.05, 3.63) is 36.0 Å². The molecular formula is C12H12N4O3. The van der Waals surface area contributed by atoms with E-state index in [1.54, 1.807) is 12.1 Å². The summed E-state index contributed by atoms with van der Waals surface area (Å²) >= 11 is 0. The minimum atomic E-state index is -0.824. The van der Waals surface area contributed by atoms with Crippen LogP contribution in [-0.2, 0) is 0 Å². The van der Waals surface area contributed by atoms with Gasteiger partial charge in [-0.3, -0.25) is 4.79 Å². The average Bonchev–Trinajstić information content (AvgIpc) is 2.80. The molecule has 1 aromatic carbocycles. The van der Waals surface area contributed by atoms with Gasteiger partial charge < -0.3 is 26.9 Å². The number of nitrogens with two attached hydrogens (primary N) is 2. The number of aromatic amines is 1. The maximum absolute atomic E-state index is 11.3. The van der Waals surface area contributed by atoms with Gasteiger partial charge in [-0.05, 0) is 12.1 Å². The second-order valence-corrected chi connectivity index (χ2v) is 3.82. The zero-order valence-electron chi connectivity index (χ0n) is 9.81. The Morgan fingerprint density at radius 3 is 2.58 bits per heavy atom. The van der Waals surface area contributed by atoms with Gasteiger partial charge in [-0.25, -0.2) is 4.79 Å². The zero-order valence-corrected chi connectivity index (χ0v) is 9.81. The van der Waals surface area contributed by atoms with E-state index in [2.05, 4.69) is 10.3 Å². The number of hydrogen-bond donors (Lipinski definition) is 5. The zero-order chi connectivity index (χ0) is 14.0. The van der Waals surface area contributed by atoms with Crippen molar-refractivity contribution < 1.29 is 14.7 Å². The first-order chi connectivity index (χ1) is 9.00. The first-order valence-corrected chi connectivity index (χ1v) is 5.36. The van der Waals surface area contributed by atoms with Gasteiger partial charge in [0.15, 0.2) is 0 Å². The maximum atomic E-state index is 11.3. The van der Waals surface area contributed by atoms with Gasteiger partial charge in [-0.1, -0.05) is 12.1 Å². The number of primary amides is 2. The quantitative estimate of drug-likeness (QED) is 0.526. The molecule has 1 aromatic heterocycles. The molecule has 0 unspecified atom stereocenters. The number of phenols is 1. The Bertz CT molecular complexity index is 648. The molecule has 0 spiro atoms. The number of hydrogen-bond acceptors (Lipinski definition) is 3. The normalized spacial score (nSPS) is 10.1. The number of benzene rings is 1. The van der Waals surface area contributed by atoms with Crippen molar-refractivity contribution in [2.24, 2.45) is 11.5 Å². The van der Waals surface area contributed by atoms with Crippen molar-refractivity contribution in [2.45, 2.75) is 0 Å². The molecule has 0 bridgehead atoms. The highest BCUT2D eigenvalue weighted by Gasteiger charge is 2.17. The molecule has 19 heavy (non-hydrogen) atoms. The van der Waals surface area contributed by atoms with Gasteiger partial charge in [0.25, 0.3) is 5.91 Å². The number of H-pyrrole nitrogens is 1. The standard InChI is InChI=1S/C12H12N4O3/c13-11(18)7-4-5-15-9(7)6-2-1-3-8(17)10(6)16-12(14)19/h1-5,15,17H,(H2,13,18)(H3,14,16,19). The number of amides is 3. The van der Waals surface area contributed by atoms with Gasteiger partial charge in [0.2, 0.25) is 0 Å². The molecule has 2 rings (SSSR count). The lowest BCUT2D eigenvalue weighted by molar-refractivity contribution is 0.100. The molecular weight excluding hydrogens is 248 g/mol. The van der Waals surface area contributed by atoms with Gasteiger partial charge in [0.05, 0.1) is 16.9 Å². The summed E-state index contributed by atoms with van der Waals surface area (Å²) in [5.74, 6) is -0.786. The maximum Gasteiger partial charge on any atom is 0.316 e. The Balaban J connectivity index is 2.61. The summed E-state index contributed by atoms with van der Waals surface area (Å²) < 4.78 is 0. The average molecular weight is 260 g/mol. The van der Waals surface area contributed by atoms with Crippen LogP contribution in [0.15, 0.2) is 30.5 Å². The lowest BCUT2D eigenvalue weighted by atomic mass is 10.0. The van der Waals surface area contributed by atoms with Crippen LogP contribution < -0.4 is 16.8 Å². The third-order valence-electron chi connectivity index (χ3n) is 2.57. The first kappa shape index (κ1) is 12.5. The topological polar surface area (TPSA) is 134 Å². The van der Waals surface area contributed by atoms with E-state index in [1.165, 1.54) is 18.3 Å². The van der Waals surface area contributed by atoms with Gasteiger partial charge in [-0.2, -0.15) is 0 Å². The summed E-state index contributed by atoms with van der Waals surface area (Å²) in [6.07, 6.45) is 1.54. The Morgan fingerprint density at radius 1 is 1.21 bits per heavy atom. The molecule has 7 heteroatoms. The fraction of sp³-hybridized carbons (Fsp3) is 0. The van der Waals surface area contributed by atoms with E-state index in [-0.39, 0.29) is 17.0 Å². The number of urea groups is 1. The fourth-order valence-electron chi connectivity index (χ4n) is 1.80. The number of carbonyl (C=O) groups is 2. The summed E-state index contributed by atoms with van der Waals surface area (Å²) in [6, 6.07) is 5.26. The molecule has 1 heterocycles. The fourth-order valence-corrected chi connectivity index (χ4v) is 1.80. The summed E-state index contributed by atoms with van der Waals surface area (Å²) in [6.45, 7) is 0. The predicted molar refractivity (Wildman–Crippen MR) is 69.6 cm³/mol. The molecule has 0 aliphatic rings. The summed E-state index contributed by atoms with van der Waals surface area (Å²) in [5.41, 5.74) is 11.5. The van der Waals surface area contributed by atoms with Gasteiger partial charge in [-0.15, -0.1) is 0 Å². The third kappa shape index (κ3) is 2.34. The largest absolute Gasteiger partial charge is 0.506 e. The van der Waals surface area contributed by atoms with Crippen molar-refractivity contribution >= 4 is 17.6 Å². The smallest absolute Gasteiger partial charge is 0.316 e. The number of aromatic hydroxyl groups is 1. The minimum Gasteiger partial charge on any atom is -0.506 e. The van der Waals surface area contributed by atoms with Crippen molar-refractivity contribution in [3.8, 4) is 17.0 Å². The lowest BCUT2D eigenvalue weighted by Crippen LogP contribution is -2.20. The first-order valence-electron chi connectivity index (χ1n) is 5.36. The highest BCUT2D eigenvalue weighted by Crippen LogP contribution is 2.35. The van der Waals surface area contributed by atoms with Crippen molar-refractivity contribution in [2.75, 3.05) is 5.32 Å². The van der Waals surface area contributed by atoms with Crippen LogP contribution in [0.2, 0.25) is 0 Å². The van der Waals surface area contributed by atoms with E-state index in [0.717, 1.165) is 0 Å². The molecule has 0 aliphatic carbocycles. The van der Waals surface area contributed by atoms with Crippen LogP contribution in [0.1, 0.15) is 10.4 Å². The van der Waals surface area contributed by atoms with E-state index >= 15 is 0 Å². The summed E-state index contributed by atoms with van der Waals surface area (Å²) in [5, 5.41) is 12.1. The number of nitrogens with one attached hydrogen (secondary N) is 2. The molecule has 0 aliphatic heterocycles. The van der Waals surface area contributed by atoms with Crippen LogP contribution in [0.25, 0.3) is 11.3 Å². The van der Waals surface area contributed by atoms with Crippen LogP contribution in [0.5, 0.6) is 5.75 Å². The van der Waals surface area contributed by atoms with Crippen molar-refractivity contribution in [1.82, 2.24) is 4.98 Å². The van der Waals surface area contributed by atoms with Crippen LogP contribution in [-0.4, -0.2) is 22.0 Å². The molecule has 0 fully saturated rings. The molecule has 7 N–H and O–H groups in total. The van der Waals surface area contributed by atoms with E-state index in [0.29, 0.717) is 11.3 Å². The number of phenolic OH excluding ortho intramolecular Hbond substituents is 1. The molecule has 0 radical (unpaired) electrons. The Morgan fingerprint density at radius 2 is 1.95 bits per heavy atom. The number of para-hydroxylation sites is 1. The van der Waals surface area contributed by atoms with E-state index in [1.807, 2.05) is 0 Å². The summed E-state index contributed by atoms with van der Waals surface area (Å²) in [7, 11) is 0. The number of anilines is 1. The third-order valence-corrected chi connectivity index (χ3v) is 2.57. The van der Waals surface area contributed by atoms with Gasteiger partial charge in [0.1, 0.15) is 5.75 Å². The second-order valence-electron chi connectivity index (χ2n) is 3.82. The second kappa shape index (κ2) is 4.73. The Labute approximate surface area is 108 Å². The van der Waals surface area contributed by atoms with E-state index in [9.17, 15) is 14.7 Å². The van der Waals surface area contributed by atoms with E-state index < -0.39 is 11.9 Å². The number of carbonyl (C=O) groups excluding carboxylic acids is 2. The molecule has 7 nitrogen and oxygen atoms in total. The van der Waals surface area contributed by atoms with E-state index in [4.69, 9.17) is 11.5 Å². The lowest BCUT2D eigenvalue weighted by Gasteiger charge is -2.11. The number of aromatic nitrogens is 1. The SMILES string of the molecule is NC(=O)Nc1c(O)cccc1-c1[nH]ccc1C(N)=O. The molecule has 3 amide bonds. The van der Waals surface area contributed by atoms with Crippen molar-refractivity contribution in [1.29, 1.82) is 0 Å². The molecule has 2 aromatic rings. The van der Waals surface area contributed by atoms with Crippen molar-refractivity contribution in [3.63, 3.8) is 0 Å². The molecule has 0 atom stereocenters. The van der Waals surface area contributed by atoms with Gasteiger partial charge >= 0.3 is 6.03 Å². The van der Waals surface area contributed by atoms with Crippen LogP contribution in [0.3, 0.4) is 0 Å². The highest BCUT2D eigenvalue weighted by molar-refractivity contribution is 6.03. The number of rotatable bonds is 3. The minimum absolute atomic E-state index is 0.111. The summed E-state index contributed by atoms with van der Waals surface area (Å²) in [4.78, 5) is 25.1. The van der Waals surface area contributed by atoms with Crippen LogP contribution >= 0.6 is 0 Å². The molecule has 0 saturated carbocycles. The molecule has 0 saturated heterocycles. The highest BCUT2D eigenvalue weighted by atomic mass is 16.3. The Hall–Kier alpha value is -2.96. The van der Waals surface area contributed by atoms with Crippen LogP contribution in [0, 0.1) is 0 Å². The molecule has 98 valence electrons. The monoisotopic (exact) mass is 260 g/mol.